The van der Waals surface area contributed by atoms with Crippen molar-refractivity contribution in [3.63, 3.8) is 0 Å². The van der Waals surface area contributed by atoms with Crippen molar-refractivity contribution in [3.05, 3.63) is 35.9 Å². The van der Waals surface area contributed by atoms with Crippen LogP contribution in [0.5, 0.6) is 0 Å². The predicted octanol–water partition coefficient (Wildman–Crippen LogP) is 2.97. The van der Waals surface area contributed by atoms with Gasteiger partial charge in [-0.15, -0.1) is 0 Å². The van der Waals surface area contributed by atoms with E-state index in [1.54, 1.807) is 24.3 Å². The molecule has 0 aliphatic rings. The third kappa shape index (κ3) is 8.03. The molecule has 0 aliphatic heterocycles. The van der Waals surface area contributed by atoms with Gasteiger partial charge in [0.25, 0.3) is 0 Å². The van der Waals surface area contributed by atoms with Crippen LogP contribution in [0.15, 0.2) is 30.3 Å². The third-order valence-corrected chi connectivity index (χ3v) is 2.94. The molecule has 0 heterocycles. The maximum Gasteiger partial charge on any atom is 0.509 e. The first-order valence-corrected chi connectivity index (χ1v) is 7.95. The highest BCUT2D eigenvalue weighted by Gasteiger charge is 2.26. The van der Waals surface area contributed by atoms with E-state index in [9.17, 15) is 14.4 Å². The first kappa shape index (κ1) is 20.1. The van der Waals surface area contributed by atoms with Crippen LogP contribution in [0.4, 0.5) is 4.79 Å². The Morgan fingerprint density at radius 3 is 2.25 bits per heavy atom. The molecule has 0 amide bonds. The van der Waals surface area contributed by atoms with Crippen molar-refractivity contribution in [2.24, 2.45) is 0 Å². The molecule has 0 saturated carbocycles. The van der Waals surface area contributed by atoms with E-state index in [1.807, 2.05) is 6.07 Å². The molecule has 9 heteroatoms. The van der Waals surface area contributed by atoms with Crippen LogP contribution in [-0.2, 0) is 35.1 Å². The van der Waals surface area contributed by atoms with Crippen molar-refractivity contribution in [2.75, 3.05) is 12.1 Å². The summed E-state index contributed by atoms with van der Waals surface area (Å²) in [7, 11) is 0. The van der Waals surface area contributed by atoms with Crippen molar-refractivity contribution in [3.8, 4) is 0 Å². The SMILES string of the molecule is O=C(CCC(OC(=O)OCc1ccccc1)C(=O)OCCl)OCCl. The fraction of sp³-hybridized carbons (Fsp3) is 0.400. The fourth-order valence-corrected chi connectivity index (χ4v) is 1.85. The number of ether oxygens (including phenoxy) is 4. The van der Waals surface area contributed by atoms with E-state index in [-0.39, 0.29) is 25.5 Å². The Morgan fingerprint density at radius 2 is 1.62 bits per heavy atom. The maximum atomic E-state index is 11.7. The van der Waals surface area contributed by atoms with Crippen LogP contribution >= 0.6 is 23.2 Å². The number of hydrogen-bond donors (Lipinski definition) is 0. The molecule has 132 valence electrons. The van der Waals surface area contributed by atoms with Gasteiger partial charge >= 0.3 is 18.1 Å². The number of carbonyl (C=O) groups is 3. The molecule has 7 nitrogen and oxygen atoms in total. The van der Waals surface area contributed by atoms with Gasteiger partial charge in [-0.1, -0.05) is 53.5 Å². The molecule has 1 unspecified atom stereocenters. The molecule has 0 N–H and O–H groups in total. The van der Waals surface area contributed by atoms with Crippen LogP contribution in [0.2, 0.25) is 0 Å². The van der Waals surface area contributed by atoms with E-state index in [2.05, 4.69) is 9.47 Å². The molecule has 0 spiro atoms. The summed E-state index contributed by atoms with van der Waals surface area (Å²) in [5.74, 6) is -1.53. The molecule has 1 aromatic rings. The maximum absolute atomic E-state index is 11.7. The van der Waals surface area contributed by atoms with Crippen LogP contribution in [0.3, 0.4) is 0 Å². The molecule has 0 aromatic heterocycles. The van der Waals surface area contributed by atoms with Gasteiger partial charge in [-0.2, -0.15) is 0 Å². The topological polar surface area (TPSA) is 88.1 Å². The van der Waals surface area contributed by atoms with Crippen LogP contribution in [0.1, 0.15) is 18.4 Å². The smallest absolute Gasteiger partial charge is 0.449 e. The summed E-state index contributed by atoms with van der Waals surface area (Å²) in [6.07, 6.45) is -2.75. The highest BCUT2D eigenvalue weighted by atomic mass is 35.5. The van der Waals surface area contributed by atoms with Gasteiger partial charge in [-0.25, -0.2) is 9.59 Å². The normalized spacial score (nSPS) is 11.2. The second-order valence-electron chi connectivity index (χ2n) is 4.37. The summed E-state index contributed by atoms with van der Waals surface area (Å²) in [5, 5.41) is 0. The Hall–Kier alpha value is -1.99. The van der Waals surface area contributed by atoms with Crippen molar-refractivity contribution in [2.45, 2.75) is 25.6 Å². The molecular weight excluding hydrogens is 363 g/mol. The summed E-state index contributed by atoms with van der Waals surface area (Å²) in [6, 6.07) is 8.18. The van der Waals surface area contributed by atoms with Crippen molar-refractivity contribution >= 4 is 41.3 Å². The number of halogens is 2. The summed E-state index contributed by atoms with van der Waals surface area (Å²) < 4.78 is 18.9. The summed E-state index contributed by atoms with van der Waals surface area (Å²) in [4.78, 5) is 34.7. The zero-order valence-electron chi connectivity index (χ0n) is 12.6. The van der Waals surface area contributed by atoms with Crippen molar-refractivity contribution < 1.29 is 33.3 Å². The van der Waals surface area contributed by atoms with Gasteiger partial charge < -0.3 is 18.9 Å². The molecule has 0 aliphatic carbocycles. The van der Waals surface area contributed by atoms with Gasteiger partial charge in [0.1, 0.15) is 6.61 Å². The zero-order chi connectivity index (χ0) is 17.8. The lowest BCUT2D eigenvalue weighted by Gasteiger charge is -2.15. The minimum absolute atomic E-state index is 0.0226. The second kappa shape index (κ2) is 11.5. The molecule has 1 rings (SSSR count). The Kier molecular flexibility index (Phi) is 9.64. The average Bonchev–Trinajstić information content (AvgIpc) is 2.58. The van der Waals surface area contributed by atoms with E-state index < -0.39 is 30.3 Å². The third-order valence-electron chi connectivity index (χ3n) is 2.72. The van der Waals surface area contributed by atoms with E-state index in [1.165, 1.54) is 0 Å². The average molecular weight is 379 g/mol. The Morgan fingerprint density at radius 1 is 0.958 bits per heavy atom. The largest absolute Gasteiger partial charge is 0.509 e. The van der Waals surface area contributed by atoms with Gasteiger partial charge in [0.2, 0.25) is 6.10 Å². The lowest BCUT2D eigenvalue weighted by molar-refractivity contribution is -0.154. The van der Waals surface area contributed by atoms with E-state index >= 15 is 0 Å². The van der Waals surface area contributed by atoms with Crippen LogP contribution in [0, 0.1) is 0 Å². The molecule has 0 fully saturated rings. The Bertz CT molecular complexity index is 536. The van der Waals surface area contributed by atoms with E-state index in [0.29, 0.717) is 0 Å². The van der Waals surface area contributed by atoms with Crippen LogP contribution in [-0.4, -0.2) is 36.3 Å². The molecule has 24 heavy (non-hydrogen) atoms. The fourth-order valence-electron chi connectivity index (χ4n) is 1.62. The summed E-state index contributed by atoms with van der Waals surface area (Å²) >= 11 is 10.6. The number of alkyl halides is 2. The molecule has 1 atom stereocenters. The quantitative estimate of drug-likeness (QED) is 0.370. The standard InChI is InChI=1S/C15H16Cl2O7/c16-9-22-13(18)7-6-12(14(19)23-10-17)24-15(20)21-8-11-4-2-1-3-5-11/h1-5,12H,6-10H2. The van der Waals surface area contributed by atoms with E-state index in [0.717, 1.165) is 5.56 Å². The number of carbonyl (C=O) groups excluding carboxylic acids is 3. The number of hydrogen-bond acceptors (Lipinski definition) is 7. The first-order chi connectivity index (χ1) is 11.6. The Balaban J connectivity index is 2.51. The summed E-state index contributed by atoms with van der Waals surface area (Å²) in [5.41, 5.74) is 0.750. The van der Waals surface area contributed by atoms with Gasteiger partial charge in [-0.3, -0.25) is 4.79 Å². The second-order valence-corrected chi connectivity index (χ2v) is 4.80. The lowest BCUT2D eigenvalue weighted by atomic mass is 10.2. The molecule has 1 aromatic carbocycles. The number of benzene rings is 1. The van der Waals surface area contributed by atoms with Crippen molar-refractivity contribution in [1.29, 1.82) is 0 Å². The van der Waals surface area contributed by atoms with Gasteiger partial charge in [0.05, 0.1) is 0 Å². The minimum atomic E-state index is -1.34. The first-order valence-electron chi connectivity index (χ1n) is 6.88. The number of rotatable bonds is 9. The van der Waals surface area contributed by atoms with Gasteiger partial charge in [0.15, 0.2) is 12.1 Å². The highest BCUT2D eigenvalue weighted by Crippen LogP contribution is 2.10. The highest BCUT2D eigenvalue weighted by molar-refractivity contribution is 6.17. The monoisotopic (exact) mass is 378 g/mol. The van der Waals surface area contributed by atoms with Gasteiger partial charge in [-0.05, 0) is 5.56 Å². The van der Waals surface area contributed by atoms with Crippen LogP contribution in [0.25, 0.3) is 0 Å². The van der Waals surface area contributed by atoms with Gasteiger partial charge in [0, 0.05) is 12.8 Å². The predicted molar refractivity (Wildman–Crippen MR) is 84.4 cm³/mol. The molecule has 0 radical (unpaired) electrons. The lowest BCUT2D eigenvalue weighted by Crippen LogP contribution is -2.30. The molecule has 0 bridgehead atoms. The number of esters is 2. The van der Waals surface area contributed by atoms with E-state index in [4.69, 9.17) is 32.7 Å². The van der Waals surface area contributed by atoms with Crippen LogP contribution < -0.4 is 0 Å². The molecular formula is C15H16Cl2O7. The zero-order valence-corrected chi connectivity index (χ0v) is 14.1. The Labute approximate surface area is 148 Å². The summed E-state index contributed by atoms with van der Waals surface area (Å²) in [6.45, 7) is -0.0226. The minimum Gasteiger partial charge on any atom is -0.449 e. The molecule has 0 saturated heterocycles. The van der Waals surface area contributed by atoms with Crippen molar-refractivity contribution in [1.82, 2.24) is 0 Å².